The van der Waals surface area contributed by atoms with Crippen LogP contribution in [-0.4, -0.2) is 35.6 Å². The maximum atomic E-state index is 12.3. The minimum atomic E-state index is -3.01. The van der Waals surface area contributed by atoms with Gasteiger partial charge >= 0.3 is 0 Å². The Morgan fingerprint density at radius 1 is 1.38 bits per heavy atom. The fraction of sp³-hybridized carbons (Fsp3) is 0.500. The van der Waals surface area contributed by atoms with Gasteiger partial charge in [-0.15, -0.1) is 11.3 Å². The minimum absolute atomic E-state index is 0.000472. The molecule has 1 fully saturated rings. The van der Waals surface area contributed by atoms with Gasteiger partial charge in [0.2, 0.25) is 5.91 Å². The summed E-state index contributed by atoms with van der Waals surface area (Å²) in [6.45, 7) is 3.99. The van der Waals surface area contributed by atoms with Crippen molar-refractivity contribution in [3.8, 4) is 0 Å². The number of aryl methyl sites for hydroxylation is 2. The smallest absolute Gasteiger partial charge is 0.226 e. The van der Waals surface area contributed by atoms with Crippen LogP contribution in [0.3, 0.4) is 0 Å². The van der Waals surface area contributed by atoms with Crippen LogP contribution < -0.4 is 5.32 Å². The number of anilines is 1. The van der Waals surface area contributed by atoms with Crippen LogP contribution in [-0.2, 0) is 14.6 Å². The lowest BCUT2D eigenvalue weighted by Gasteiger charge is -2.25. The Labute approximate surface area is 144 Å². The molecule has 24 heavy (non-hydrogen) atoms. The van der Waals surface area contributed by atoms with Gasteiger partial charge in [-0.1, -0.05) is 0 Å². The van der Waals surface area contributed by atoms with Crippen LogP contribution in [0.5, 0.6) is 0 Å². The predicted molar refractivity (Wildman–Crippen MR) is 93.4 cm³/mol. The van der Waals surface area contributed by atoms with E-state index in [1.165, 1.54) is 10.4 Å². The summed E-state index contributed by atoms with van der Waals surface area (Å²) >= 11 is 1.66. The summed E-state index contributed by atoms with van der Waals surface area (Å²) in [5.41, 5.74) is 3.08. The second-order valence-electron chi connectivity index (χ2n) is 6.62. The maximum Gasteiger partial charge on any atom is 0.226 e. The first-order valence-corrected chi connectivity index (χ1v) is 10.7. The standard InChI is InChI=1S/C16H19N3O3S2/c1-9-3-5-23-15(9)12-7-13(20)17-16-14(12)10(2)18-19(16)11-4-6-24(21,22)8-11/h3,5,11-12H,4,6-8H2,1-2H3,(H,17,20)/t11-,12+/m1/s1. The first-order chi connectivity index (χ1) is 11.4. The third-order valence-electron chi connectivity index (χ3n) is 4.90. The lowest BCUT2D eigenvalue weighted by atomic mass is 9.89. The number of amides is 1. The molecule has 0 bridgehead atoms. The molecule has 6 nitrogen and oxygen atoms in total. The molecule has 0 saturated carbocycles. The molecule has 128 valence electrons. The quantitative estimate of drug-likeness (QED) is 0.886. The normalized spacial score (nSPS) is 25.5. The molecule has 2 aromatic rings. The molecule has 0 aromatic carbocycles. The highest BCUT2D eigenvalue weighted by molar-refractivity contribution is 7.91. The van der Waals surface area contributed by atoms with Gasteiger partial charge in [-0.25, -0.2) is 13.1 Å². The van der Waals surface area contributed by atoms with Gasteiger partial charge in [-0.2, -0.15) is 5.10 Å². The summed E-state index contributed by atoms with van der Waals surface area (Å²) in [5, 5.41) is 9.58. The van der Waals surface area contributed by atoms with Gasteiger partial charge in [0.15, 0.2) is 9.84 Å². The van der Waals surface area contributed by atoms with E-state index >= 15 is 0 Å². The first kappa shape index (κ1) is 15.8. The number of thiophene rings is 1. The van der Waals surface area contributed by atoms with Crippen molar-refractivity contribution in [3.05, 3.63) is 33.1 Å². The van der Waals surface area contributed by atoms with Gasteiger partial charge in [0.1, 0.15) is 5.82 Å². The van der Waals surface area contributed by atoms with Crippen molar-refractivity contribution in [3.63, 3.8) is 0 Å². The highest BCUT2D eigenvalue weighted by atomic mass is 32.2. The van der Waals surface area contributed by atoms with Crippen molar-refractivity contribution in [1.29, 1.82) is 0 Å². The second-order valence-corrected chi connectivity index (χ2v) is 9.80. The summed E-state index contributed by atoms with van der Waals surface area (Å²) in [6, 6.07) is 1.87. The van der Waals surface area contributed by atoms with Crippen molar-refractivity contribution < 1.29 is 13.2 Å². The predicted octanol–water partition coefficient (Wildman–Crippen LogP) is 2.40. The van der Waals surface area contributed by atoms with Crippen molar-refractivity contribution >= 4 is 32.9 Å². The van der Waals surface area contributed by atoms with Crippen molar-refractivity contribution in [2.45, 2.75) is 38.6 Å². The monoisotopic (exact) mass is 365 g/mol. The van der Waals surface area contributed by atoms with E-state index in [-0.39, 0.29) is 29.4 Å². The zero-order chi connectivity index (χ0) is 17.1. The van der Waals surface area contributed by atoms with Crippen molar-refractivity contribution in [2.24, 2.45) is 0 Å². The molecule has 0 unspecified atom stereocenters. The number of sulfone groups is 1. The number of hydrogen-bond acceptors (Lipinski definition) is 5. The maximum absolute atomic E-state index is 12.3. The number of hydrogen-bond donors (Lipinski definition) is 1. The molecule has 4 heterocycles. The molecular weight excluding hydrogens is 346 g/mol. The Hall–Kier alpha value is -1.67. The van der Waals surface area contributed by atoms with E-state index < -0.39 is 9.84 Å². The molecule has 1 saturated heterocycles. The van der Waals surface area contributed by atoms with Gasteiger partial charge in [0.05, 0.1) is 23.2 Å². The lowest BCUT2D eigenvalue weighted by molar-refractivity contribution is -0.116. The molecule has 8 heteroatoms. The number of nitrogens with one attached hydrogen (secondary N) is 1. The molecule has 1 N–H and O–H groups in total. The average Bonchev–Trinajstić information content (AvgIpc) is 3.16. The molecule has 0 spiro atoms. The fourth-order valence-corrected chi connectivity index (χ4v) is 6.50. The summed E-state index contributed by atoms with van der Waals surface area (Å²) in [4.78, 5) is 13.5. The third-order valence-corrected chi connectivity index (χ3v) is 7.78. The second kappa shape index (κ2) is 5.42. The van der Waals surface area contributed by atoms with E-state index in [0.29, 0.717) is 18.7 Å². The fourth-order valence-electron chi connectivity index (χ4n) is 3.77. The number of fused-ring (bicyclic) bond motifs is 1. The van der Waals surface area contributed by atoms with Gasteiger partial charge in [0.25, 0.3) is 0 Å². The third kappa shape index (κ3) is 2.48. The van der Waals surface area contributed by atoms with E-state index in [1.54, 1.807) is 16.0 Å². The van der Waals surface area contributed by atoms with E-state index in [4.69, 9.17) is 0 Å². The zero-order valence-electron chi connectivity index (χ0n) is 13.6. The molecule has 0 aliphatic carbocycles. The SMILES string of the molecule is Cc1ccsc1[C@H]1CC(=O)Nc2c1c(C)nn2[C@@H]1CCS(=O)(=O)C1. The molecular formula is C16H19N3O3S2. The summed E-state index contributed by atoms with van der Waals surface area (Å²) in [6.07, 6.45) is 0.957. The first-order valence-electron chi connectivity index (χ1n) is 7.99. The van der Waals surface area contributed by atoms with E-state index in [1.807, 2.05) is 12.3 Å². The van der Waals surface area contributed by atoms with Crippen LogP contribution in [0.2, 0.25) is 0 Å². The molecule has 0 radical (unpaired) electrons. The summed E-state index contributed by atoms with van der Waals surface area (Å²) in [7, 11) is -3.01. The zero-order valence-corrected chi connectivity index (χ0v) is 15.2. The van der Waals surface area contributed by atoms with Gasteiger partial charge in [0, 0.05) is 22.8 Å². The van der Waals surface area contributed by atoms with Gasteiger partial charge in [-0.3, -0.25) is 4.79 Å². The van der Waals surface area contributed by atoms with Crippen LogP contribution in [0.15, 0.2) is 11.4 Å². The Bertz CT molecular complexity index is 927. The largest absolute Gasteiger partial charge is 0.311 e. The Morgan fingerprint density at radius 2 is 2.17 bits per heavy atom. The summed E-state index contributed by atoms with van der Waals surface area (Å²) < 4.78 is 25.4. The molecule has 2 aromatic heterocycles. The number of carbonyl (C=O) groups excluding carboxylic acids is 1. The van der Waals surface area contributed by atoms with E-state index in [2.05, 4.69) is 23.4 Å². The number of carbonyl (C=O) groups is 1. The Morgan fingerprint density at radius 3 is 2.79 bits per heavy atom. The van der Waals surface area contributed by atoms with Crippen LogP contribution in [0.25, 0.3) is 0 Å². The average molecular weight is 365 g/mol. The molecule has 2 atom stereocenters. The number of aromatic nitrogens is 2. The topological polar surface area (TPSA) is 81.1 Å². The van der Waals surface area contributed by atoms with Gasteiger partial charge in [-0.05, 0) is 37.3 Å². The van der Waals surface area contributed by atoms with Gasteiger partial charge < -0.3 is 5.32 Å². The van der Waals surface area contributed by atoms with Crippen LogP contribution in [0, 0.1) is 13.8 Å². The van der Waals surface area contributed by atoms with Crippen molar-refractivity contribution in [2.75, 3.05) is 16.8 Å². The van der Waals surface area contributed by atoms with Crippen LogP contribution >= 0.6 is 11.3 Å². The number of nitrogens with zero attached hydrogens (tertiary/aromatic N) is 2. The van der Waals surface area contributed by atoms with E-state index in [9.17, 15) is 13.2 Å². The molecule has 4 rings (SSSR count). The number of rotatable bonds is 2. The highest BCUT2D eigenvalue weighted by Gasteiger charge is 2.37. The van der Waals surface area contributed by atoms with Crippen molar-refractivity contribution in [1.82, 2.24) is 9.78 Å². The van der Waals surface area contributed by atoms with Crippen LogP contribution in [0.1, 0.15) is 46.5 Å². The lowest BCUT2D eigenvalue weighted by Crippen LogP contribution is -2.26. The van der Waals surface area contributed by atoms with Crippen LogP contribution in [0.4, 0.5) is 5.82 Å². The summed E-state index contributed by atoms with van der Waals surface area (Å²) in [5.74, 6) is 0.928. The molecule has 1 amide bonds. The Kier molecular flexibility index (Phi) is 3.58. The molecule has 2 aliphatic heterocycles. The minimum Gasteiger partial charge on any atom is -0.311 e. The molecule has 2 aliphatic rings. The highest BCUT2D eigenvalue weighted by Crippen LogP contribution is 2.43. The Balaban J connectivity index is 1.82. The van der Waals surface area contributed by atoms with E-state index in [0.717, 1.165) is 11.3 Å².